The summed E-state index contributed by atoms with van der Waals surface area (Å²) in [6, 6.07) is 3.39. The van der Waals surface area contributed by atoms with E-state index in [1.165, 1.54) is 0 Å². The molecular formula is C12H11Cl2NO3. The molecule has 1 aromatic carbocycles. The summed E-state index contributed by atoms with van der Waals surface area (Å²) in [6.07, 6.45) is 0. The van der Waals surface area contributed by atoms with Crippen molar-refractivity contribution in [2.75, 3.05) is 24.7 Å². The number of hydrogen-bond acceptors (Lipinski definition) is 3. The van der Waals surface area contributed by atoms with Crippen molar-refractivity contribution in [3.05, 3.63) is 27.7 Å². The number of fused-ring (bicyclic) bond motifs is 2. The summed E-state index contributed by atoms with van der Waals surface area (Å²) < 4.78 is 11.1. The predicted octanol–water partition coefficient (Wildman–Crippen LogP) is 2.56. The predicted molar refractivity (Wildman–Crippen MR) is 68.1 cm³/mol. The van der Waals surface area contributed by atoms with Gasteiger partial charge in [-0.15, -0.1) is 0 Å². The Labute approximate surface area is 114 Å². The standard InChI is InChI=1S/C12H11Cl2NO3/c1-2-15-10-7(3-4-8(13)9(10)14)12(11(15)16)17-5-6-18-12/h3-4H,2,5-6H2,1H3. The highest BCUT2D eigenvalue weighted by molar-refractivity contribution is 6.44. The Balaban J connectivity index is 2.26. The van der Waals surface area contributed by atoms with E-state index >= 15 is 0 Å². The molecule has 6 heteroatoms. The maximum Gasteiger partial charge on any atom is 0.292 e. The highest BCUT2D eigenvalue weighted by Crippen LogP contribution is 2.50. The monoisotopic (exact) mass is 287 g/mol. The minimum absolute atomic E-state index is 0.235. The van der Waals surface area contributed by atoms with Gasteiger partial charge in [-0.05, 0) is 19.1 Å². The van der Waals surface area contributed by atoms with Crippen LogP contribution in [-0.2, 0) is 20.1 Å². The van der Waals surface area contributed by atoms with E-state index in [4.69, 9.17) is 32.7 Å². The number of hydrogen-bond donors (Lipinski definition) is 0. The molecule has 3 rings (SSSR count). The van der Waals surface area contributed by atoms with Gasteiger partial charge in [0.25, 0.3) is 11.7 Å². The minimum Gasteiger partial charge on any atom is -0.336 e. The molecule has 0 bridgehead atoms. The van der Waals surface area contributed by atoms with E-state index in [1.807, 2.05) is 6.92 Å². The normalized spacial score (nSPS) is 20.8. The van der Waals surface area contributed by atoms with E-state index in [0.29, 0.717) is 41.1 Å². The third kappa shape index (κ3) is 1.37. The fourth-order valence-corrected chi connectivity index (χ4v) is 2.88. The van der Waals surface area contributed by atoms with Gasteiger partial charge in [-0.1, -0.05) is 23.2 Å². The number of halogens is 2. The van der Waals surface area contributed by atoms with Gasteiger partial charge in [0.2, 0.25) is 0 Å². The van der Waals surface area contributed by atoms with E-state index in [2.05, 4.69) is 0 Å². The van der Waals surface area contributed by atoms with Crippen LogP contribution in [0.2, 0.25) is 10.0 Å². The highest BCUT2D eigenvalue weighted by atomic mass is 35.5. The lowest BCUT2D eigenvalue weighted by Gasteiger charge is -2.21. The van der Waals surface area contributed by atoms with E-state index in [1.54, 1.807) is 17.0 Å². The highest BCUT2D eigenvalue weighted by Gasteiger charge is 2.56. The number of benzene rings is 1. The van der Waals surface area contributed by atoms with Crippen LogP contribution in [0.1, 0.15) is 12.5 Å². The molecule has 4 nitrogen and oxygen atoms in total. The van der Waals surface area contributed by atoms with Crippen molar-refractivity contribution < 1.29 is 14.3 Å². The average molecular weight is 288 g/mol. The molecule has 0 aliphatic carbocycles. The molecule has 96 valence electrons. The first kappa shape index (κ1) is 12.2. The number of rotatable bonds is 1. The first-order valence-corrected chi connectivity index (χ1v) is 6.45. The zero-order valence-electron chi connectivity index (χ0n) is 9.70. The van der Waals surface area contributed by atoms with Crippen molar-refractivity contribution in [2.45, 2.75) is 12.7 Å². The van der Waals surface area contributed by atoms with Gasteiger partial charge < -0.3 is 14.4 Å². The van der Waals surface area contributed by atoms with Crippen LogP contribution < -0.4 is 4.90 Å². The number of carbonyl (C=O) groups is 1. The summed E-state index contributed by atoms with van der Waals surface area (Å²) in [4.78, 5) is 14.0. The van der Waals surface area contributed by atoms with Crippen molar-refractivity contribution >= 4 is 34.8 Å². The van der Waals surface area contributed by atoms with Crippen molar-refractivity contribution in [3.8, 4) is 0 Å². The number of nitrogens with zero attached hydrogens (tertiary/aromatic N) is 1. The average Bonchev–Trinajstić information content (AvgIpc) is 2.93. The van der Waals surface area contributed by atoms with Crippen LogP contribution in [0, 0.1) is 0 Å². The fraction of sp³-hybridized carbons (Fsp3) is 0.417. The van der Waals surface area contributed by atoms with Crippen LogP contribution in [0.4, 0.5) is 5.69 Å². The summed E-state index contributed by atoms with van der Waals surface area (Å²) in [5.74, 6) is -1.55. The van der Waals surface area contributed by atoms with E-state index in [9.17, 15) is 4.79 Å². The second kappa shape index (κ2) is 4.10. The van der Waals surface area contributed by atoms with E-state index < -0.39 is 5.79 Å². The summed E-state index contributed by atoms with van der Waals surface area (Å²) >= 11 is 12.2. The lowest BCUT2D eigenvalue weighted by atomic mass is 10.1. The Morgan fingerprint density at radius 1 is 1.33 bits per heavy atom. The van der Waals surface area contributed by atoms with Gasteiger partial charge in [0, 0.05) is 12.1 Å². The van der Waals surface area contributed by atoms with Gasteiger partial charge in [0.1, 0.15) is 0 Å². The van der Waals surface area contributed by atoms with Gasteiger partial charge in [-0.2, -0.15) is 0 Å². The second-order valence-corrected chi connectivity index (χ2v) is 4.91. The van der Waals surface area contributed by atoms with Crippen LogP contribution in [0.25, 0.3) is 0 Å². The Kier molecular flexibility index (Phi) is 2.79. The fourth-order valence-electron chi connectivity index (χ4n) is 2.46. The Bertz CT molecular complexity index is 526. The zero-order valence-corrected chi connectivity index (χ0v) is 11.2. The molecule has 2 aliphatic heterocycles. The lowest BCUT2D eigenvalue weighted by molar-refractivity contribution is -0.180. The Morgan fingerprint density at radius 3 is 2.61 bits per heavy atom. The van der Waals surface area contributed by atoms with Crippen LogP contribution in [0.15, 0.2) is 12.1 Å². The number of carbonyl (C=O) groups excluding carboxylic acids is 1. The molecule has 1 spiro atoms. The zero-order chi connectivity index (χ0) is 12.9. The van der Waals surface area contributed by atoms with Crippen molar-refractivity contribution in [2.24, 2.45) is 0 Å². The molecule has 0 unspecified atom stereocenters. The molecule has 1 amide bonds. The maximum atomic E-state index is 12.5. The molecule has 1 aromatic rings. The third-order valence-electron chi connectivity index (χ3n) is 3.23. The van der Waals surface area contributed by atoms with Crippen molar-refractivity contribution in [3.63, 3.8) is 0 Å². The number of ether oxygens (including phenoxy) is 2. The molecule has 0 atom stereocenters. The number of amides is 1. The summed E-state index contributed by atoms with van der Waals surface area (Å²) in [5, 5.41) is 0.775. The van der Waals surface area contributed by atoms with Crippen LogP contribution in [-0.4, -0.2) is 25.7 Å². The van der Waals surface area contributed by atoms with E-state index in [0.717, 1.165) is 0 Å². The number of anilines is 1. The maximum absolute atomic E-state index is 12.5. The number of likely N-dealkylation sites (N-methyl/N-ethyl adjacent to an activating group) is 1. The van der Waals surface area contributed by atoms with Crippen LogP contribution >= 0.6 is 23.2 Å². The SMILES string of the molecule is CCN1C(=O)C2(OCCO2)c2ccc(Cl)c(Cl)c21. The largest absolute Gasteiger partial charge is 0.336 e. The van der Waals surface area contributed by atoms with Gasteiger partial charge in [0.15, 0.2) is 0 Å². The second-order valence-electron chi connectivity index (χ2n) is 4.12. The summed E-state index contributed by atoms with van der Waals surface area (Å²) in [5.41, 5.74) is 1.24. The molecule has 18 heavy (non-hydrogen) atoms. The molecule has 0 saturated carbocycles. The molecular weight excluding hydrogens is 277 g/mol. The molecule has 2 heterocycles. The Morgan fingerprint density at radius 2 is 2.00 bits per heavy atom. The summed E-state index contributed by atoms with van der Waals surface area (Å²) in [7, 11) is 0. The van der Waals surface area contributed by atoms with Crippen LogP contribution in [0.3, 0.4) is 0 Å². The molecule has 2 aliphatic rings. The smallest absolute Gasteiger partial charge is 0.292 e. The van der Waals surface area contributed by atoms with Crippen LogP contribution in [0.5, 0.6) is 0 Å². The quantitative estimate of drug-likeness (QED) is 0.797. The third-order valence-corrected chi connectivity index (χ3v) is 4.02. The molecule has 0 aromatic heterocycles. The lowest BCUT2D eigenvalue weighted by Crippen LogP contribution is -2.41. The topological polar surface area (TPSA) is 38.8 Å². The summed E-state index contributed by atoms with van der Waals surface area (Å²) in [6.45, 7) is 3.14. The van der Waals surface area contributed by atoms with Gasteiger partial charge in [-0.3, -0.25) is 4.79 Å². The van der Waals surface area contributed by atoms with Crippen molar-refractivity contribution in [1.29, 1.82) is 0 Å². The van der Waals surface area contributed by atoms with Gasteiger partial charge >= 0.3 is 0 Å². The molecule has 0 radical (unpaired) electrons. The minimum atomic E-state index is -1.32. The Hall–Kier alpha value is -0.810. The molecule has 1 saturated heterocycles. The molecule has 0 N–H and O–H groups in total. The van der Waals surface area contributed by atoms with Gasteiger partial charge in [0.05, 0.1) is 28.9 Å². The van der Waals surface area contributed by atoms with Gasteiger partial charge in [-0.25, -0.2) is 0 Å². The first-order valence-electron chi connectivity index (χ1n) is 5.70. The first-order chi connectivity index (χ1) is 8.62. The van der Waals surface area contributed by atoms with E-state index in [-0.39, 0.29) is 5.91 Å². The molecule has 1 fully saturated rings. The van der Waals surface area contributed by atoms with Crippen molar-refractivity contribution in [1.82, 2.24) is 0 Å².